The van der Waals surface area contributed by atoms with Gasteiger partial charge >= 0.3 is 0 Å². The van der Waals surface area contributed by atoms with Gasteiger partial charge in [0.15, 0.2) is 0 Å². The number of pyridine rings is 1. The molecule has 3 nitrogen and oxygen atoms in total. The minimum atomic E-state index is 0.372. The van der Waals surface area contributed by atoms with Crippen LogP contribution in [0.4, 0.5) is 0 Å². The summed E-state index contributed by atoms with van der Waals surface area (Å²) in [5.74, 6) is 0.860. The fourth-order valence-corrected chi connectivity index (χ4v) is 3.37. The Morgan fingerprint density at radius 3 is 3.28 bits per heavy atom. The van der Waals surface area contributed by atoms with Crippen LogP contribution in [0.15, 0.2) is 12.3 Å². The van der Waals surface area contributed by atoms with Crippen molar-refractivity contribution in [3.8, 4) is 5.75 Å². The fraction of sp³-hybridized carbons (Fsp3) is 0.357. The molecule has 0 fully saturated rings. The van der Waals surface area contributed by atoms with Gasteiger partial charge in [0.1, 0.15) is 5.75 Å². The van der Waals surface area contributed by atoms with Crippen LogP contribution < -0.4 is 10.1 Å². The number of hydrogen-bond acceptors (Lipinski definition) is 3. The lowest BCUT2D eigenvalue weighted by atomic mass is 9.96. The summed E-state index contributed by atoms with van der Waals surface area (Å²) < 4.78 is 5.65. The molecule has 92 valence electrons. The molecule has 0 aliphatic carbocycles. The number of ether oxygens (including phenoxy) is 1. The molecule has 1 aromatic heterocycles. The van der Waals surface area contributed by atoms with Gasteiger partial charge in [-0.2, -0.15) is 0 Å². The van der Waals surface area contributed by atoms with Gasteiger partial charge in [0, 0.05) is 36.2 Å². The van der Waals surface area contributed by atoms with Crippen LogP contribution in [0.1, 0.15) is 29.7 Å². The van der Waals surface area contributed by atoms with Crippen molar-refractivity contribution in [1.82, 2.24) is 10.3 Å². The van der Waals surface area contributed by atoms with Gasteiger partial charge in [-0.1, -0.05) is 11.6 Å². The Bertz CT molecular complexity index is 669. The summed E-state index contributed by atoms with van der Waals surface area (Å²) >= 11 is 6.26. The molecule has 2 aliphatic heterocycles. The fourth-order valence-electron chi connectivity index (χ4n) is 3.10. The molecule has 0 unspecified atom stereocenters. The van der Waals surface area contributed by atoms with Gasteiger partial charge in [-0.15, -0.1) is 0 Å². The van der Waals surface area contributed by atoms with E-state index in [9.17, 15) is 0 Å². The largest absolute Gasteiger partial charge is 0.491 e. The van der Waals surface area contributed by atoms with Gasteiger partial charge in [-0.25, -0.2) is 0 Å². The van der Waals surface area contributed by atoms with E-state index in [1.54, 1.807) is 0 Å². The SMILES string of the molecule is C[C@@H]1NCc2cnc3cc(Cl)c4c(c3c21)CCO4. The predicted molar refractivity (Wildman–Crippen MR) is 71.2 cm³/mol. The second-order valence-corrected chi connectivity index (χ2v) is 5.37. The molecule has 4 heteroatoms. The van der Waals surface area contributed by atoms with Crippen molar-refractivity contribution in [3.63, 3.8) is 0 Å². The molecule has 0 radical (unpaired) electrons. The Morgan fingerprint density at radius 2 is 2.39 bits per heavy atom. The predicted octanol–water partition coefficient (Wildman–Crippen LogP) is 2.99. The molecule has 0 saturated carbocycles. The first kappa shape index (κ1) is 10.6. The minimum Gasteiger partial charge on any atom is -0.491 e. The van der Waals surface area contributed by atoms with E-state index in [1.165, 1.54) is 22.1 Å². The zero-order chi connectivity index (χ0) is 12.3. The van der Waals surface area contributed by atoms with Gasteiger partial charge in [0.2, 0.25) is 0 Å². The van der Waals surface area contributed by atoms with Gasteiger partial charge in [-0.3, -0.25) is 4.98 Å². The molecule has 4 rings (SSSR count). The van der Waals surface area contributed by atoms with Crippen molar-refractivity contribution < 1.29 is 4.74 Å². The van der Waals surface area contributed by atoms with E-state index in [4.69, 9.17) is 16.3 Å². The summed E-state index contributed by atoms with van der Waals surface area (Å²) in [5, 5.41) is 5.40. The Hall–Kier alpha value is -1.32. The lowest BCUT2D eigenvalue weighted by molar-refractivity contribution is 0.357. The van der Waals surface area contributed by atoms with Crippen LogP contribution in [-0.2, 0) is 13.0 Å². The van der Waals surface area contributed by atoms with E-state index in [2.05, 4.69) is 17.2 Å². The summed E-state index contributed by atoms with van der Waals surface area (Å²) in [4.78, 5) is 4.55. The molecule has 0 bridgehead atoms. The van der Waals surface area contributed by atoms with Crippen molar-refractivity contribution in [3.05, 3.63) is 34.0 Å². The van der Waals surface area contributed by atoms with Gasteiger partial charge in [0.05, 0.1) is 17.1 Å². The van der Waals surface area contributed by atoms with Crippen molar-refractivity contribution in [2.45, 2.75) is 25.9 Å². The molecular formula is C14H13ClN2O. The van der Waals surface area contributed by atoms with Crippen molar-refractivity contribution in [2.75, 3.05) is 6.61 Å². The molecule has 0 saturated heterocycles. The number of rotatable bonds is 0. The van der Waals surface area contributed by atoms with Crippen LogP contribution in [-0.4, -0.2) is 11.6 Å². The highest BCUT2D eigenvalue weighted by molar-refractivity contribution is 6.33. The summed E-state index contributed by atoms with van der Waals surface area (Å²) in [7, 11) is 0. The lowest BCUT2D eigenvalue weighted by Gasteiger charge is -2.12. The Morgan fingerprint density at radius 1 is 1.50 bits per heavy atom. The zero-order valence-corrected chi connectivity index (χ0v) is 10.8. The quantitative estimate of drug-likeness (QED) is 0.791. The average Bonchev–Trinajstić information content (AvgIpc) is 2.97. The topological polar surface area (TPSA) is 34.2 Å². The van der Waals surface area contributed by atoms with E-state index < -0.39 is 0 Å². The maximum atomic E-state index is 6.26. The average molecular weight is 261 g/mol. The van der Waals surface area contributed by atoms with Crippen LogP contribution in [0.5, 0.6) is 5.75 Å². The minimum absolute atomic E-state index is 0.372. The number of aromatic nitrogens is 1. The van der Waals surface area contributed by atoms with E-state index in [-0.39, 0.29) is 0 Å². The van der Waals surface area contributed by atoms with Gasteiger partial charge < -0.3 is 10.1 Å². The molecule has 18 heavy (non-hydrogen) atoms. The maximum absolute atomic E-state index is 6.26. The van der Waals surface area contributed by atoms with E-state index in [1.807, 2.05) is 12.3 Å². The standard InChI is InChI=1S/C14H13ClN2O/c1-7-12-8(5-16-7)6-17-11-4-10(15)14-9(13(11)12)2-3-18-14/h4,6-7,16H,2-3,5H2,1H3/t7-/m0/s1. The second kappa shape index (κ2) is 3.59. The van der Waals surface area contributed by atoms with Crippen LogP contribution in [0.3, 0.4) is 0 Å². The van der Waals surface area contributed by atoms with Crippen LogP contribution in [0.2, 0.25) is 5.02 Å². The first-order valence-electron chi connectivity index (χ1n) is 6.24. The molecule has 1 atom stereocenters. The summed E-state index contributed by atoms with van der Waals surface area (Å²) in [6, 6.07) is 2.29. The molecular weight excluding hydrogens is 248 g/mol. The summed E-state index contributed by atoms with van der Waals surface area (Å²) in [6.45, 7) is 3.82. The second-order valence-electron chi connectivity index (χ2n) is 4.96. The number of fused-ring (bicyclic) bond motifs is 5. The van der Waals surface area contributed by atoms with Gasteiger partial charge in [-0.05, 0) is 24.1 Å². The van der Waals surface area contributed by atoms with E-state index in [0.29, 0.717) is 11.1 Å². The highest BCUT2D eigenvalue weighted by Gasteiger charge is 2.27. The number of nitrogens with one attached hydrogen (secondary N) is 1. The molecule has 2 aliphatic rings. The third kappa shape index (κ3) is 1.26. The maximum Gasteiger partial charge on any atom is 0.141 e. The highest BCUT2D eigenvalue weighted by atomic mass is 35.5. The van der Waals surface area contributed by atoms with E-state index >= 15 is 0 Å². The normalized spacial score (nSPS) is 20.9. The lowest BCUT2D eigenvalue weighted by Crippen LogP contribution is -2.07. The summed E-state index contributed by atoms with van der Waals surface area (Å²) in [6.07, 6.45) is 2.89. The van der Waals surface area contributed by atoms with Crippen LogP contribution in [0.25, 0.3) is 10.9 Å². The van der Waals surface area contributed by atoms with Crippen LogP contribution >= 0.6 is 11.6 Å². The first-order chi connectivity index (χ1) is 8.75. The van der Waals surface area contributed by atoms with Crippen molar-refractivity contribution >= 4 is 22.5 Å². The molecule has 1 N–H and O–H groups in total. The number of nitrogens with zero attached hydrogens (tertiary/aromatic N) is 1. The van der Waals surface area contributed by atoms with Gasteiger partial charge in [0.25, 0.3) is 0 Å². The highest BCUT2D eigenvalue weighted by Crippen LogP contribution is 2.42. The Labute approximate surface area is 110 Å². The smallest absolute Gasteiger partial charge is 0.141 e. The van der Waals surface area contributed by atoms with Crippen molar-refractivity contribution in [2.24, 2.45) is 0 Å². The van der Waals surface area contributed by atoms with Crippen molar-refractivity contribution in [1.29, 1.82) is 0 Å². The summed E-state index contributed by atoms with van der Waals surface area (Å²) in [5.41, 5.74) is 4.89. The molecule has 1 aromatic carbocycles. The molecule has 3 heterocycles. The molecule has 0 amide bonds. The third-order valence-electron chi connectivity index (χ3n) is 3.92. The van der Waals surface area contributed by atoms with Crippen LogP contribution in [0, 0.1) is 0 Å². The van der Waals surface area contributed by atoms with E-state index in [0.717, 1.165) is 30.8 Å². The molecule has 2 aromatic rings. The number of hydrogen-bond donors (Lipinski definition) is 1. The molecule has 0 spiro atoms. The number of benzene rings is 1. The third-order valence-corrected chi connectivity index (χ3v) is 4.20. The monoisotopic (exact) mass is 260 g/mol. The first-order valence-corrected chi connectivity index (χ1v) is 6.62. The number of halogens is 1. The zero-order valence-electron chi connectivity index (χ0n) is 10.1. The Kier molecular flexibility index (Phi) is 2.11. The Balaban J connectivity index is 2.17.